The lowest BCUT2D eigenvalue weighted by Crippen LogP contribution is -2.52. The average molecular weight is 393 g/mol. The van der Waals surface area contributed by atoms with Gasteiger partial charge in [0.2, 0.25) is 0 Å². The highest BCUT2D eigenvalue weighted by Crippen LogP contribution is 2.28. The van der Waals surface area contributed by atoms with Crippen molar-refractivity contribution in [2.24, 2.45) is 0 Å². The Morgan fingerprint density at radius 1 is 1.33 bits per heavy atom. The molecule has 3 rings (SSSR count). The maximum atomic E-state index is 12.8. The zero-order chi connectivity index (χ0) is 19.6. The quantitative estimate of drug-likeness (QED) is 0.766. The maximum absolute atomic E-state index is 12.8. The van der Waals surface area contributed by atoms with Gasteiger partial charge in [-0.15, -0.1) is 0 Å². The molecular weight excluding hydrogens is 368 g/mol. The van der Waals surface area contributed by atoms with Crippen molar-refractivity contribution in [2.45, 2.75) is 51.9 Å². The van der Waals surface area contributed by atoms with Crippen molar-refractivity contribution in [2.75, 3.05) is 13.2 Å². The van der Waals surface area contributed by atoms with Gasteiger partial charge in [-0.05, 0) is 51.8 Å². The third kappa shape index (κ3) is 5.23. The summed E-state index contributed by atoms with van der Waals surface area (Å²) in [5.41, 5.74) is 1.29. The number of carbonyl (C=O) groups excluding carboxylic acids is 1. The lowest BCUT2D eigenvalue weighted by Gasteiger charge is -2.39. The average Bonchev–Trinajstić information content (AvgIpc) is 3.02. The van der Waals surface area contributed by atoms with E-state index in [0.29, 0.717) is 30.4 Å². The number of morpholine rings is 1. The SMILES string of the molecule is Cc1cc([C@H]2CN(C(=O)OC(C)(C)C)[C@@H](Cc3ccc(Cl)cc3)CO2)on1. The van der Waals surface area contributed by atoms with Crippen LogP contribution in [0.4, 0.5) is 4.79 Å². The van der Waals surface area contributed by atoms with Crippen molar-refractivity contribution in [3.05, 3.63) is 52.4 Å². The maximum Gasteiger partial charge on any atom is 0.410 e. The minimum Gasteiger partial charge on any atom is -0.444 e. The summed E-state index contributed by atoms with van der Waals surface area (Å²) in [4.78, 5) is 14.6. The molecule has 0 aliphatic carbocycles. The Morgan fingerprint density at radius 2 is 2.04 bits per heavy atom. The summed E-state index contributed by atoms with van der Waals surface area (Å²) in [6.45, 7) is 8.16. The van der Waals surface area contributed by atoms with Crippen molar-refractivity contribution < 1.29 is 18.8 Å². The number of halogens is 1. The van der Waals surface area contributed by atoms with Crippen LogP contribution < -0.4 is 0 Å². The first-order chi connectivity index (χ1) is 12.7. The highest BCUT2D eigenvalue weighted by Gasteiger charge is 2.37. The van der Waals surface area contributed by atoms with E-state index in [0.717, 1.165) is 11.3 Å². The lowest BCUT2D eigenvalue weighted by atomic mass is 10.0. The Morgan fingerprint density at radius 3 is 2.63 bits per heavy atom. The first-order valence-electron chi connectivity index (χ1n) is 9.00. The molecule has 1 aliphatic heterocycles. The van der Waals surface area contributed by atoms with Crippen molar-refractivity contribution in [1.29, 1.82) is 0 Å². The Hall–Kier alpha value is -2.05. The van der Waals surface area contributed by atoms with Crippen LogP contribution in [-0.2, 0) is 15.9 Å². The molecule has 146 valence electrons. The van der Waals surface area contributed by atoms with Gasteiger partial charge in [-0.1, -0.05) is 28.9 Å². The van der Waals surface area contributed by atoms with E-state index in [2.05, 4.69) is 5.16 Å². The number of nitrogens with zero attached hydrogens (tertiary/aromatic N) is 2. The van der Waals surface area contributed by atoms with E-state index in [1.165, 1.54) is 0 Å². The zero-order valence-corrected chi connectivity index (χ0v) is 16.8. The molecule has 1 saturated heterocycles. The first kappa shape index (κ1) is 19.7. The number of aromatic nitrogens is 1. The molecule has 0 bridgehead atoms. The summed E-state index contributed by atoms with van der Waals surface area (Å²) in [6, 6.07) is 9.30. The van der Waals surface area contributed by atoms with Crippen LogP contribution in [0, 0.1) is 6.92 Å². The van der Waals surface area contributed by atoms with Crippen LogP contribution in [0.15, 0.2) is 34.9 Å². The molecular formula is C20H25ClN2O4. The van der Waals surface area contributed by atoms with E-state index in [9.17, 15) is 4.79 Å². The molecule has 0 N–H and O–H groups in total. The molecule has 2 atom stereocenters. The molecule has 0 radical (unpaired) electrons. The summed E-state index contributed by atoms with van der Waals surface area (Å²) in [6.07, 6.45) is -0.0651. The molecule has 7 heteroatoms. The van der Waals surface area contributed by atoms with Gasteiger partial charge in [-0.2, -0.15) is 0 Å². The monoisotopic (exact) mass is 392 g/mol. The van der Waals surface area contributed by atoms with Crippen LogP contribution >= 0.6 is 11.6 Å². The molecule has 0 unspecified atom stereocenters. The van der Waals surface area contributed by atoms with Crippen molar-refractivity contribution in [3.8, 4) is 0 Å². The highest BCUT2D eigenvalue weighted by molar-refractivity contribution is 6.30. The third-order valence-electron chi connectivity index (χ3n) is 4.27. The second kappa shape index (κ2) is 7.90. The van der Waals surface area contributed by atoms with Gasteiger partial charge in [0.25, 0.3) is 0 Å². The molecule has 1 amide bonds. The minimum absolute atomic E-state index is 0.138. The van der Waals surface area contributed by atoms with Crippen LogP contribution in [-0.4, -0.2) is 40.9 Å². The smallest absolute Gasteiger partial charge is 0.410 e. The summed E-state index contributed by atoms with van der Waals surface area (Å²) >= 11 is 5.97. The standard InChI is InChI=1S/C20H25ClN2O4/c1-13-9-17(27-22-13)18-11-23(19(24)26-20(2,3)4)16(12-25-18)10-14-5-7-15(21)8-6-14/h5-9,16,18H,10-12H2,1-4H3/t16-,18+/m0/s1. The fourth-order valence-electron chi connectivity index (χ4n) is 3.01. The minimum atomic E-state index is -0.571. The fourth-order valence-corrected chi connectivity index (χ4v) is 3.14. The van der Waals surface area contributed by atoms with E-state index in [1.54, 1.807) is 4.90 Å². The first-order valence-corrected chi connectivity index (χ1v) is 9.38. The molecule has 27 heavy (non-hydrogen) atoms. The molecule has 0 saturated carbocycles. The molecule has 2 heterocycles. The van der Waals surface area contributed by atoms with Crippen molar-refractivity contribution >= 4 is 17.7 Å². The van der Waals surface area contributed by atoms with E-state index in [1.807, 2.05) is 58.0 Å². The summed E-state index contributed by atoms with van der Waals surface area (Å²) < 4.78 is 16.9. The van der Waals surface area contributed by atoms with E-state index in [4.69, 9.17) is 25.6 Å². The van der Waals surface area contributed by atoms with E-state index >= 15 is 0 Å². The number of hydrogen-bond donors (Lipinski definition) is 0. The number of hydrogen-bond acceptors (Lipinski definition) is 5. The zero-order valence-electron chi connectivity index (χ0n) is 16.1. The number of rotatable bonds is 3. The van der Waals surface area contributed by atoms with Gasteiger partial charge >= 0.3 is 6.09 Å². The van der Waals surface area contributed by atoms with E-state index < -0.39 is 5.60 Å². The number of aryl methyl sites for hydroxylation is 1. The molecule has 1 fully saturated rings. The number of carbonyl (C=O) groups is 1. The fraction of sp³-hybridized carbons (Fsp3) is 0.500. The normalized spacial score (nSPS) is 20.6. The van der Waals surface area contributed by atoms with Gasteiger partial charge in [0, 0.05) is 11.1 Å². The van der Waals surface area contributed by atoms with E-state index in [-0.39, 0.29) is 18.2 Å². The van der Waals surface area contributed by atoms with Gasteiger partial charge < -0.3 is 14.0 Å². The third-order valence-corrected chi connectivity index (χ3v) is 4.52. The predicted molar refractivity (Wildman–Crippen MR) is 102 cm³/mol. The second-order valence-corrected chi connectivity index (χ2v) is 8.25. The van der Waals surface area contributed by atoms with Gasteiger partial charge in [0.05, 0.1) is 24.9 Å². The number of ether oxygens (including phenoxy) is 2. The Kier molecular flexibility index (Phi) is 5.77. The topological polar surface area (TPSA) is 64.8 Å². The molecule has 1 aliphatic rings. The Balaban J connectivity index is 1.78. The highest BCUT2D eigenvalue weighted by atomic mass is 35.5. The van der Waals surface area contributed by atoms with Gasteiger partial charge in [0.15, 0.2) is 5.76 Å². The summed E-state index contributed by atoms with van der Waals surface area (Å²) in [7, 11) is 0. The molecule has 0 spiro atoms. The second-order valence-electron chi connectivity index (χ2n) is 7.81. The van der Waals surface area contributed by atoms with Gasteiger partial charge in [0.1, 0.15) is 11.7 Å². The van der Waals surface area contributed by atoms with Crippen LogP contribution in [0.25, 0.3) is 0 Å². The Bertz CT molecular complexity index is 782. The van der Waals surface area contributed by atoms with Crippen LogP contribution in [0.3, 0.4) is 0 Å². The molecule has 2 aromatic rings. The van der Waals surface area contributed by atoms with Crippen LogP contribution in [0.2, 0.25) is 5.02 Å². The molecule has 1 aromatic heterocycles. The predicted octanol–water partition coefficient (Wildman–Crippen LogP) is 4.56. The van der Waals surface area contributed by atoms with Crippen LogP contribution in [0.1, 0.15) is 43.9 Å². The summed E-state index contributed by atoms with van der Waals surface area (Å²) in [5.74, 6) is 0.617. The largest absolute Gasteiger partial charge is 0.444 e. The van der Waals surface area contributed by atoms with Gasteiger partial charge in [-0.3, -0.25) is 4.90 Å². The van der Waals surface area contributed by atoms with Crippen molar-refractivity contribution in [1.82, 2.24) is 10.1 Å². The number of amides is 1. The number of benzene rings is 1. The molecule has 1 aromatic carbocycles. The van der Waals surface area contributed by atoms with Gasteiger partial charge in [-0.25, -0.2) is 4.79 Å². The molecule has 6 nitrogen and oxygen atoms in total. The van der Waals surface area contributed by atoms with Crippen molar-refractivity contribution in [3.63, 3.8) is 0 Å². The lowest BCUT2D eigenvalue weighted by molar-refractivity contribution is -0.0786. The van der Waals surface area contributed by atoms with Crippen LogP contribution in [0.5, 0.6) is 0 Å². The Labute approximate surface area is 164 Å². The summed E-state index contributed by atoms with van der Waals surface area (Å²) in [5, 5.41) is 4.60.